The van der Waals surface area contributed by atoms with E-state index in [1.54, 1.807) is 0 Å². The van der Waals surface area contributed by atoms with Crippen LogP contribution in [-0.2, 0) is 0 Å². The summed E-state index contributed by atoms with van der Waals surface area (Å²) in [5.74, 6) is 0. The molecule has 0 unspecified atom stereocenters. The Morgan fingerprint density at radius 3 is 0.500 bits per heavy atom. The molecule has 0 atom stereocenters. The molecule has 3 radical (unpaired) electrons. The van der Waals surface area contributed by atoms with Crippen molar-refractivity contribution in [1.29, 1.82) is 0 Å². The molecule has 0 saturated heterocycles. The fourth-order valence-electron chi connectivity index (χ4n) is 0. The average molecular weight is 102 g/mol. The van der Waals surface area contributed by atoms with Crippen LogP contribution in [0.1, 0.15) is 0 Å². The SMILES string of the molecule is [Al].[Li+].[OH-].[OH-].[OH-].[OH-]. The van der Waals surface area contributed by atoms with Gasteiger partial charge in [-0.15, -0.1) is 0 Å². The van der Waals surface area contributed by atoms with Gasteiger partial charge >= 0.3 is 18.9 Å². The second kappa shape index (κ2) is 157. The molecular weight excluding hydrogens is 97.9 g/mol. The van der Waals surface area contributed by atoms with Gasteiger partial charge in [0.25, 0.3) is 0 Å². The molecule has 0 aliphatic heterocycles. The molecule has 0 spiro atoms. The summed E-state index contributed by atoms with van der Waals surface area (Å²) >= 11 is 0. The van der Waals surface area contributed by atoms with Crippen LogP contribution in [0.25, 0.3) is 0 Å². The quantitative estimate of drug-likeness (QED) is 0.288. The molecule has 0 aromatic heterocycles. The molecule has 0 aromatic rings. The van der Waals surface area contributed by atoms with Gasteiger partial charge in [-0.25, -0.2) is 0 Å². The van der Waals surface area contributed by atoms with Gasteiger partial charge in [-0.05, 0) is 0 Å². The van der Waals surface area contributed by atoms with Crippen LogP contribution in [-0.4, -0.2) is 39.3 Å². The standard InChI is InChI=1S/Al.Li.4H2O/h;;4*1H2/q;+1;;;;/p-4. The van der Waals surface area contributed by atoms with Gasteiger partial charge < -0.3 is 21.9 Å². The van der Waals surface area contributed by atoms with E-state index in [9.17, 15) is 0 Å². The van der Waals surface area contributed by atoms with E-state index in [4.69, 9.17) is 0 Å². The van der Waals surface area contributed by atoms with Crippen LogP contribution >= 0.6 is 0 Å². The zero-order chi connectivity index (χ0) is 0. The molecule has 0 aromatic carbocycles. The van der Waals surface area contributed by atoms with Gasteiger partial charge in [-0.1, -0.05) is 0 Å². The van der Waals surface area contributed by atoms with Crippen molar-refractivity contribution in [3.05, 3.63) is 0 Å². The Hall–Kier alpha value is 0.970. The molecule has 0 fully saturated rings. The minimum absolute atomic E-state index is 0. The van der Waals surface area contributed by atoms with Gasteiger partial charge in [0.15, 0.2) is 0 Å². The summed E-state index contributed by atoms with van der Waals surface area (Å²) in [6.07, 6.45) is 0. The van der Waals surface area contributed by atoms with Crippen LogP contribution in [0.15, 0.2) is 0 Å². The van der Waals surface area contributed by atoms with Crippen molar-refractivity contribution in [1.82, 2.24) is 0 Å². The average Bonchev–Trinajstić information content (AvgIpc) is 0. The summed E-state index contributed by atoms with van der Waals surface area (Å²) in [4.78, 5) is 0. The fraction of sp³-hybridized carbons (Fsp3) is 0. The maximum Gasteiger partial charge on any atom is 1.00 e. The molecule has 0 amide bonds. The smallest absolute Gasteiger partial charge is 0.870 e. The maximum absolute atomic E-state index is 0. The molecule has 4 N–H and O–H groups in total. The second-order valence-electron chi connectivity index (χ2n) is 0. The summed E-state index contributed by atoms with van der Waals surface area (Å²) in [6.45, 7) is 0. The maximum atomic E-state index is 0. The Kier molecular flexibility index (Phi) is 6900. The van der Waals surface area contributed by atoms with E-state index in [1.165, 1.54) is 0 Å². The van der Waals surface area contributed by atoms with E-state index >= 15 is 0 Å². The Morgan fingerprint density at radius 1 is 0.500 bits per heavy atom. The van der Waals surface area contributed by atoms with Gasteiger partial charge in [0.1, 0.15) is 0 Å². The van der Waals surface area contributed by atoms with Gasteiger partial charge in [0, 0.05) is 17.4 Å². The van der Waals surface area contributed by atoms with Gasteiger partial charge in [0.2, 0.25) is 0 Å². The van der Waals surface area contributed by atoms with Crippen LogP contribution < -0.4 is 18.9 Å². The Bertz CT molecular complexity index is 7.51. The molecule has 0 heterocycles. The zero-order valence-corrected chi connectivity index (χ0v) is 4.52. The van der Waals surface area contributed by atoms with Crippen molar-refractivity contribution >= 4 is 17.4 Å². The fourth-order valence-corrected chi connectivity index (χ4v) is 0. The minimum atomic E-state index is 0. The van der Waals surface area contributed by atoms with E-state index in [-0.39, 0.29) is 58.1 Å². The molecule has 35 valence electrons. The largest absolute Gasteiger partial charge is 1.00 e. The first-order valence-electron chi connectivity index (χ1n) is 0. The third-order valence-electron chi connectivity index (χ3n) is 0. The van der Waals surface area contributed by atoms with Crippen molar-refractivity contribution in [3.8, 4) is 0 Å². The van der Waals surface area contributed by atoms with Crippen LogP contribution in [0, 0.1) is 0 Å². The van der Waals surface area contributed by atoms with Crippen LogP contribution in [0.4, 0.5) is 0 Å². The molecule has 0 aliphatic carbocycles. The van der Waals surface area contributed by atoms with Crippen molar-refractivity contribution in [2.24, 2.45) is 0 Å². The van der Waals surface area contributed by atoms with Crippen LogP contribution in [0.3, 0.4) is 0 Å². The third-order valence-corrected chi connectivity index (χ3v) is 0. The Morgan fingerprint density at radius 2 is 0.500 bits per heavy atom. The van der Waals surface area contributed by atoms with Crippen molar-refractivity contribution in [2.75, 3.05) is 0 Å². The first-order valence-corrected chi connectivity index (χ1v) is 0. The topological polar surface area (TPSA) is 120 Å². The number of hydrogen-bond donors (Lipinski definition) is 0. The van der Waals surface area contributed by atoms with E-state index in [0.717, 1.165) is 0 Å². The van der Waals surface area contributed by atoms with Gasteiger partial charge in [-0.2, -0.15) is 0 Å². The summed E-state index contributed by atoms with van der Waals surface area (Å²) in [5.41, 5.74) is 0. The molecule has 6 heavy (non-hydrogen) atoms. The summed E-state index contributed by atoms with van der Waals surface area (Å²) < 4.78 is 0. The first-order chi connectivity index (χ1) is 0. The normalized spacial score (nSPS) is 0. The Balaban J connectivity index is 0. The zero-order valence-electron chi connectivity index (χ0n) is 3.37. The predicted octanol–water partition coefficient (Wildman–Crippen LogP) is -4.08. The van der Waals surface area contributed by atoms with E-state index in [0.29, 0.717) is 0 Å². The third kappa shape index (κ3) is 83.3. The van der Waals surface area contributed by atoms with Crippen molar-refractivity contribution in [2.45, 2.75) is 0 Å². The van der Waals surface area contributed by atoms with Gasteiger partial charge in [-0.3, -0.25) is 0 Å². The molecule has 0 rings (SSSR count). The molecule has 0 bridgehead atoms. The monoisotopic (exact) mass is 102 g/mol. The van der Waals surface area contributed by atoms with Crippen LogP contribution in [0.2, 0.25) is 0 Å². The van der Waals surface area contributed by atoms with Crippen molar-refractivity contribution in [3.63, 3.8) is 0 Å². The molecule has 0 saturated carbocycles. The number of rotatable bonds is 0. The van der Waals surface area contributed by atoms with Crippen molar-refractivity contribution < 1.29 is 40.8 Å². The first kappa shape index (κ1) is 264. The van der Waals surface area contributed by atoms with E-state index in [1.807, 2.05) is 0 Å². The summed E-state index contributed by atoms with van der Waals surface area (Å²) in [5, 5.41) is 0. The molecule has 0 aliphatic rings. The second-order valence-corrected chi connectivity index (χ2v) is 0. The van der Waals surface area contributed by atoms with E-state index < -0.39 is 0 Å². The van der Waals surface area contributed by atoms with Crippen LogP contribution in [0.5, 0.6) is 0 Å². The molecule has 6 heteroatoms. The predicted molar refractivity (Wildman–Crippen MR) is 13.5 cm³/mol. The van der Waals surface area contributed by atoms with E-state index in [2.05, 4.69) is 0 Å². The number of hydrogen-bond acceptors (Lipinski definition) is 4. The molecule has 4 nitrogen and oxygen atoms in total. The summed E-state index contributed by atoms with van der Waals surface area (Å²) in [7, 11) is 0. The minimum Gasteiger partial charge on any atom is -0.870 e. The van der Waals surface area contributed by atoms with Gasteiger partial charge in [0.05, 0.1) is 0 Å². The Labute approximate surface area is 58.5 Å². The molecular formula is H4AlLiO4-3. The summed E-state index contributed by atoms with van der Waals surface area (Å²) in [6, 6.07) is 0.